The Kier molecular flexibility index (Phi) is 1.99. The first-order valence-corrected chi connectivity index (χ1v) is 6.60. The predicted molar refractivity (Wildman–Crippen MR) is 65.9 cm³/mol. The van der Waals surface area contributed by atoms with Crippen LogP contribution in [0.15, 0.2) is 18.3 Å². The number of rotatable bonds is 1. The van der Waals surface area contributed by atoms with Crippen molar-refractivity contribution in [1.82, 2.24) is 14.6 Å². The zero-order chi connectivity index (χ0) is 12.1. The van der Waals surface area contributed by atoms with E-state index in [0.29, 0.717) is 11.5 Å². The lowest BCUT2D eigenvalue weighted by Gasteiger charge is -2.19. The number of nitriles is 1. The summed E-state index contributed by atoms with van der Waals surface area (Å²) in [7, 11) is 0. The summed E-state index contributed by atoms with van der Waals surface area (Å²) in [6.07, 6.45) is 7.21. The lowest BCUT2D eigenvalue weighted by atomic mass is 9.88. The minimum Gasteiger partial charge on any atom is -0.285 e. The van der Waals surface area contributed by atoms with E-state index in [2.05, 4.69) is 16.3 Å². The number of pyridine rings is 1. The molecule has 18 heavy (non-hydrogen) atoms. The third kappa shape index (κ3) is 1.30. The monoisotopic (exact) mass is 238 g/mol. The van der Waals surface area contributed by atoms with Gasteiger partial charge in [-0.05, 0) is 43.2 Å². The van der Waals surface area contributed by atoms with E-state index in [1.807, 2.05) is 16.7 Å². The standard InChI is InChI=1S/C14H14N4/c15-7-10-2-4-13-16-17-14(18(13)8-10)12-6-9-1-3-11(12)5-9/h2,4,8-9,11-12H,1,3,5-6H2. The maximum atomic E-state index is 8.99. The molecular formula is C14H14N4. The van der Waals surface area contributed by atoms with Crippen molar-refractivity contribution < 1.29 is 0 Å². The van der Waals surface area contributed by atoms with Gasteiger partial charge in [-0.25, -0.2) is 0 Å². The quantitative estimate of drug-likeness (QED) is 0.767. The van der Waals surface area contributed by atoms with E-state index in [-0.39, 0.29) is 0 Å². The normalized spacial score (nSPS) is 29.8. The molecule has 0 N–H and O–H groups in total. The molecule has 3 unspecified atom stereocenters. The van der Waals surface area contributed by atoms with Crippen LogP contribution in [0.3, 0.4) is 0 Å². The largest absolute Gasteiger partial charge is 0.285 e. The molecule has 0 radical (unpaired) electrons. The Morgan fingerprint density at radius 2 is 2.17 bits per heavy atom. The van der Waals surface area contributed by atoms with E-state index in [0.717, 1.165) is 23.3 Å². The van der Waals surface area contributed by atoms with Crippen LogP contribution in [0, 0.1) is 23.2 Å². The zero-order valence-corrected chi connectivity index (χ0v) is 10.1. The summed E-state index contributed by atoms with van der Waals surface area (Å²) in [6, 6.07) is 5.86. The Balaban J connectivity index is 1.83. The van der Waals surface area contributed by atoms with Crippen LogP contribution >= 0.6 is 0 Å². The number of nitrogens with zero attached hydrogens (tertiary/aromatic N) is 4. The van der Waals surface area contributed by atoms with Crippen molar-refractivity contribution in [2.45, 2.75) is 31.6 Å². The van der Waals surface area contributed by atoms with Crippen molar-refractivity contribution in [2.75, 3.05) is 0 Å². The van der Waals surface area contributed by atoms with Crippen LogP contribution in [0.1, 0.15) is 43.0 Å². The van der Waals surface area contributed by atoms with Crippen LogP contribution in [0.4, 0.5) is 0 Å². The molecule has 4 rings (SSSR count). The fourth-order valence-electron chi connectivity index (χ4n) is 3.79. The highest BCUT2D eigenvalue weighted by molar-refractivity contribution is 5.43. The summed E-state index contributed by atoms with van der Waals surface area (Å²) in [5, 5.41) is 17.6. The number of hydrogen-bond acceptors (Lipinski definition) is 3. The average Bonchev–Trinajstić information content (AvgIpc) is 3.11. The van der Waals surface area contributed by atoms with Crippen LogP contribution < -0.4 is 0 Å². The maximum absolute atomic E-state index is 8.99. The van der Waals surface area contributed by atoms with Crippen molar-refractivity contribution in [1.29, 1.82) is 5.26 Å². The smallest absolute Gasteiger partial charge is 0.160 e. The molecular weight excluding hydrogens is 224 g/mol. The molecule has 2 aromatic rings. The van der Waals surface area contributed by atoms with Crippen molar-refractivity contribution in [2.24, 2.45) is 11.8 Å². The fraction of sp³-hybridized carbons (Fsp3) is 0.500. The molecule has 2 aliphatic carbocycles. The van der Waals surface area contributed by atoms with Gasteiger partial charge in [0.2, 0.25) is 0 Å². The topological polar surface area (TPSA) is 54.0 Å². The Hall–Kier alpha value is -1.89. The van der Waals surface area contributed by atoms with E-state index in [1.165, 1.54) is 25.7 Å². The third-order valence-electron chi connectivity index (χ3n) is 4.63. The lowest BCUT2D eigenvalue weighted by molar-refractivity contribution is 0.403. The highest BCUT2D eigenvalue weighted by Gasteiger charge is 2.42. The number of fused-ring (bicyclic) bond motifs is 3. The minimum absolute atomic E-state index is 0.549. The van der Waals surface area contributed by atoms with Crippen molar-refractivity contribution >= 4 is 5.65 Å². The van der Waals surface area contributed by atoms with Gasteiger partial charge in [0.05, 0.1) is 5.56 Å². The van der Waals surface area contributed by atoms with Gasteiger partial charge in [0.1, 0.15) is 11.9 Å². The Morgan fingerprint density at radius 1 is 1.22 bits per heavy atom. The summed E-state index contributed by atoms with van der Waals surface area (Å²) in [5.74, 6) is 3.29. The SMILES string of the molecule is N#Cc1ccc2nnc(C3CC4CCC3C4)n2c1. The van der Waals surface area contributed by atoms with Crippen molar-refractivity contribution in [3.63, 3.8) is 0 Å². The highest BCUT2D eigenvalue weighted by Crippen LogP contribution is 2.52. The molecule has 2 heterocycles. The average molecular weight is 238 g/mol. The first kappa shape index (κ1) is 10.1. The van der Waals surface area contributed by atoms with Gasteiger partial charge in [0.25, 0.3) is 0 Å². The second kappa shape index (κ2) is 3.55. The molecule has 2 saturated carbocycles. The van der Waals surface area contributed by atoms with Crippen molar-refractivity contribution in [3.05, 3.63) is 29.7 Å². The molecule has 0 saturated heterocycles. The molecule has 4 nitrogen and oxygen atoms in total. The molecule has 2 bridgehead atoms. The van der Waals surface area contributed by atoms with E-state index >= 15 is 0 Å². The van der Waals surface area contributed by atoms with E-state index in [1.54, 1.807) is 6.07 Å². The van der Waals surface area contributed by atoms with E-state index < -0.39 is 0 Å². The molecule has 2 aliphatic rings. The van der Waals surface area contributed by atoms with E-state index in [9.17, 15) is 0 Å². The summed E-state index contributed by atoms with van der Waals surface area (Å²) in [6.45, 7) is 0. The predicted octanol–water partition coefficient (Wildman–Crippen LogP) is 2.50. The minimum atomic E-state index is 0.549. The highest BCUT2D eigenvalue weighted by atomic mass is 15.2. The van der Waals surface area contributed by atoms with E-state index in [4.69, 9.17) is 5.26 Å². The number of aromatic nitrogens is 3. The van der Waals surface area contributed by atoms with Gasteiger partial charge in [-0.3, -0.25) is 4.40 Å². The van der Waals surface area contributed by atoms with Gasteiger partial charge >= 0.3 is 0 Å². The first-order chi connectivity index (χ1) is 8.85. The van der Waals surface area contributed by atoms with Gasteiger partial charge in [0.15, 0.2) is 5.65 Å². The van der Waals surface area contributed by atoms with Gasteiger partial charge in [-0.2, -0.15) is 5.26 Å². The van der Waals surface area contributed by atoms with Crippen LogP contribution in [0.25, 0.3) is 5.65 Å². The Labute approximate surface area is 105 Å². The maximum Gasteiger partial charge on any atom is 0.160 e. The molecule has 4 heteroatoms. The molecule has 0 spiro atoms. The molecule has 0 aliphatic heterocycles. The fourth-order valence-corrected chi connectivity index (χ4v) is 3.79. The lowest BCUT2D eigenvalue weighted by Crippen LogP contribution is -2.12. The van der Waals surface area contributed by atoms with Crippen LogP contribution in [0.2, 0.25) is 0 Å². The number of hydrogen-bond donors (Lipinski definition) is 0. The van der Waals surface area contributed by atoms with Gasteiger partial charge < -0.3 is 0 Å². The van der Waals surface area contributed by atoms with Crippen LogP contribution in [-0.4, -0.2) is 14.6 Å². The summed E-state index contributed by atoms with van der Waals surface area (Å²) in [4.78, 5) is 0. The summed E-state index contributed by atoms with van der Waals surface area (Å²) < 4.78 is 2.02. The molecule has 0 amide bonds. The molecule has 3 atom stereocenters. The second-order valence-corrected chi connectivity index (χ2v) is 5.60. The molecule has 2 fully saturated rings. The molecule has 2 aromatic heterocycles. The van der Waals surface area contributed by atoms with Crippen molar-refractivity contribution in [3.8, 4) is 6.07 Å². The van der Waals surface area contributed by atoms with Gasteiger partial charge in [-0.1, -0.05) is 6.42 Å². The van der Waals surface area contributed by atoms with Crippen LogP contribution in [0.5, 0.6) is 0 Å². The second-order valence-electron chi connectivity index (χ2n) is 5.60. The third-order valence-corrected chi connectivity index (χ3v) is 4.63. The molecule has 0 aromatic carbocycles. The zero-order valence-electron chi connectivity index (χ0n) is 10.1. The summed E-state index contributed by atoms with van der Waals surface area (Å²) >= 11 is 0. The molecule has 90 valence electrons. The Morgan fingerprint density at radius 3 is 2.89 bits per heavy atom. The summed E-state index contributed by atoms with van der Waals surface area (Å²) in [5.41, 5.74) is 1.53. The van der Waals surface area contributed by atoms with Gasteiger partial charge in [-0.15, -0.1) is 10.2 Å². The van der Waals surface area contributed by atoms with Gasteiger partial charge in [0, 0.05) is 12.1 Å². The first-order valence-electron chi connectivity index (χ1n) is 6.60. The van der Waals surface area contributed by atoms with Crippen LogP contribution in [-0.2, 0) is 0 Å². The Bertz CT molecular complexity index is 651.